The molecule has 1 atom stereocenters. The fraction of sp³-hybridized carbons (Fsp3) is 0.556. The van der Waals surface area contributed by atoms with Gasteiger partial charge in [0.15, 0.2) is 0 Å². The van der Waals surface area contributed by atoms with E-state index >= 15 is 0 Å². The van der Waals surface area contributed by atoms with Gasteiger partial charge in [0.05, 0.1) is 0 Å². The van der Waals surface area contributed by atoms with E-state index in [1.165, 1.54) is 16.0 Å². The van der Waals surface area contributed by atoms with E-state index in [1.54, 1.807) is 0 Å². The summed E-state index contributed by atoms with van der Waals surface area (Å²) in [4.78, 5) is 25.6. The lowest BCUT2D eigenvalue weighted by atomic mass is 10.1. The van der Waals surface area contributed by atoms with Gasteiger partial charge in [0, 0.05) is 32.0 Å². The highest BCUT2D eigenvalue weighted by molar-refractivity contribution is 7.98. The fourth-order valence-corrected chi connectivity index (χ4v) is 3.74. The highest BCUT2D eigenvalue weighted by Crippen LogP contribution is 2.14. The third-order valence-electron chi connectivity index (χ3n) is 4.09. The lowest BCUT2D eigenvalue weighted by Gasteiger charge is -2.34. The average Bonchev–Trinajstić information content (AvgIpc) is 2.59. The maximum absolute atomic E-state index is 12.3. The molecule has 1 aliphatic rings. The van der Waals surface area contributed by atoms with Crippen molar-refractivity contribution < 1.29 is 14.7 Å². The van der Waals surface area contributed by atoms with Crippen molar-refractivity contribution in [2.24, 2.45) is 0 Å². The molecule has 1 aromatic carbocycles. The van der Waals surface area contributed by atoms with Crippen LogP contribution in [-0.4, -0.2) is 60.0 Å². The number of piperazine rings is 1. The second-order valence-corrected chi connectivity index (χ2v) is 7.24. The summed E-state index contributed by atoms with van der Waals surface area (Å²) >= 11 is 1.85. The van der Waals surface area contributed by atoms with Crippen molar-refractivity contribution >= 4 is 23.7 Å². The summed E-state index contributed by atoms with van der Waals surface area (Å²) in [5.41, 5.74) is 2.59. The highest BCUT2D eigenvalue weighted by atomic mass is 32.2. The number of nitrogens with zero attached hydrogens (tertiary/aromatic N) is 1. The van der Waals surface area contributed by atoms with Gasteiger partial charge in [0.2, 0.25) is 5.91 Å². The molecular weight excluding hydrogens is 338 g/mol. The monoisotopic (exact) mass is 365 g/mol. The summed E-state index contributed by atoms with van der Waals surface area (Å²) in [5.74, 6) is 1.75. The van der Waals surface area contributed by atoms with Gasteiger partial charge in [-0.15, -0.1) is 0 Å². The first-order valence-electron chi connectivity index (χ1n) is 8.68. The number of aryl methyl sites for hydroxylation is 1. The van der Waals surface area contributed by atoms with Gasteiger partial charge >= 0.3 is 6.03 Å². The van der Waals surface area contributed by atoms with E-state index in [0.29, 0.717) is 19.6 Å². The summed E-state index contributed by atoms with van der Waals surface area (Å²) in [7, 11) is 0. The molecule has 1 aliphatic heterocycles. The van der Waals surface area contributed by atoms with Gasteiger partial charge in [0.25, 0.3) is 0 Å². The minimum Gasteiger partial charge on any atom is -0.396 e. The normalized spacial score (nSPS) is 17.3. The molecule has 2 rings (SSSR count). The minimum atomic E-state index is -0.575. The van der Waals surface area contributed by atoms with Crippen LogP contribution in [0.25, 0.3) is 0 Å². The largest absolute Gasteiger partial charge is 0.396 e. The zero-order valence-corrected chi connectivity index (χ0v) is 15.5. The molecular formula is C18H27N3O3S. The zero-order valence-electron chi connectivity index (χ0n) is 14.7. The van der Waals surface area contributed by atoms with Crippen LogP contribution in [0, 0.1) is 6.92 Å². The van der Waals surface area contributed by atoms with Crippen LogP contribution in [0.5, 0.6) is 0 Å². The number of urea groups is 1. The maximum Gasteiger partial charge on any atom is 0.318 e. The molecule has 1 saturated heterocycles. The Kier molecular flexibility index (Phi) is 8.08. The van der Waals surface area contributed by atoms with Crippen LogP contribution in [0.15, 0.2) is 24.3 Å². The number of benzene rings is 1. The Hall–Kier alpha value is -1.73. The van der Waals surface area contributed by atoms with Crippen LogP contribution in [0.3, 0.4) is 0 Å². The molecule has 0 saturated carbocycles. The SMILES string of the molecule is Cc1cccc(CSCCCNC(=O)N2CCNC(=O)[C@H]2CCO)c1. The molecule has 1 fully saturated rings. The molecule has 25 heavy (non-hydrogen) atoms. The maximum atomic E-state index is 12.3. The van der Waals surface area contributed by atoms with Gasteiger partial charge < -0.3 is 20.6 Å². The number of hydrogen-bond acceptors (Lipinski definition) is 4. The standard InChI is InChI=1S/C18H27N3O3S/c1-14-4-2-5-15(12-14)13-25-11-3-7-20-18(24)21-9-8-19-17(23)16(21)6-10-22/h2,4-5,12,16,22H,3,6-11,13H2,1H3,(H,19,23)(H,20,24)/t16-/m1/s1. The molecule has 1 aromatic rings. The Balaban J connectivity index is 1.65. The Bertz CT molecular complexity index is 582. The molecule has 1 heterocycles. The van der Waals surface area contributed by atoms with Crippen molar-refractivity contribution in [3.63, 3.8) is 0 Å². The number of aliphatic hydroxyl groups is 1. The number of nitrogens with one attached hydrogen (secondary N) is 2. The third kappa shape index (κ3) is 6.25. The van der Waals surface area contributed by atoms with Crippen molar-refractivity contribution in [3.8, 4) is 0 Å². The molecule has 0 aliphatic carbocycles. The number of aliphatic hydroxyl groups excluding tert-OH is 1. The summed E-state index contributed by atoms with van der Waals surface area (Å²) in [6.07, 6.45) is 1.15. The smallest absolute Gasteiger partial charge is 0.318 e. The van der Waals surface area contributed by atoms with E-state index in [-0.39, 0.29) is 25.0 Å². The van der Waals surface area contributed by atoms with Gasteiger partial charge in [0.1, 0.15) is 6.04 Å². The van der Waals surface area contributed by atoms with Crippen molar-refractivity contribution in [2.45, 2.75) is 31.6 Å². The lowest BCUT2D eigenvalue weighted by Crippen LogP contribution is -2.59. The summed E-state index contributed by atoms with van der Waals surface area (Å²) in [6, 6.07) is 7.69. The quantitative estimate of drug-likeness (QED) is 0.610. The summed E-state index contributed by atoms with van der Waals surface area (Å²) in [6.45, 7) is 3.50. The predicted molar refractivity (Wildman–Crippen MR) is 101 cm³/mol. The van der Waals surface area contributed by atoms with E-state index in [0.717, 1.165) is 17.9 Å². The Labute approximate surface area is 153 Å². The molecule has 138 valence electrons. The van der Waals surface area contributed by atoms with Crippen LogP contribution in [-0.2, 0) is 10.5 Å². The first-order valence-corrected chi connectivity index (χ1v) is 9.83. The van der Waals surface area contributed by atoms with Crippen molar-refractivity contribution in [1.82, 2.24) is 15.5 Å². The predicted octanol–water partition coefficient (Wildman–Crippen LogP) is 1.51. The lowest BCUT2D eigenvalue weighted by molar-refractivity contribution is -0.128. The van der Waals surface area contributed by atoms with Crippen molar-refractivity contribution in [2.75, 3.05) is 32.0 Å². The summed E-state index contributed by atoms with van der Waals surface area (Å²) in [5, 5.41) is 14.7. The highest BCUT2D eigenvalue weighted by Gasteiger charge is 2.32. The van der Waals surface area contributed by atoms with Gasteiger partial charge in [-0.05, 0) is 31.1 Å². The number of amides is 3. The van der Waals surface area contributed by atoms with Crippen molar-refractivity contribution in [3.05, 3.63) is 35.4 Å². The molecule has 0 radical (unpaired) electrons. The van der Waals surface area contributed by atoms with Crippen LogP contribution >= 0.6 is 11.8 Å². The van der Waals surface area contributed by atoms with Crippen LogP contribution in [0.1, 0.15) is 24.0 Å². The molecule has 0 aromatic heterocycles. The third-order valence-corrected chi connectivity index (χ3v) is 5.20. The molecule has 0 spiro atoms. The number of carbonyl (C=O) groups excluding carboxylic acids is 2. The minimum absolute atomic E-state index is 0.114. The Morgan fingerprint density at radius 1 is 1.48 bits per heavy atom. The van der Waals surface area contributed by atoms with E-state index in [2.05, 4.69) is 41.8 Å². The van der Waals surface area contributed by atoms with E-state index < -0.39 is 6.04 Å². The second kappa shape index (κ2) is 10.3. The Morgan fingerprint density at radius 3 is 3.08 bits per heavy atom. The van der Waals surface area contributed by atoms with Crippen LogP contribution in [0.4, 0.5) is 4.79 Å². The Morgan fingerprint density at radius 2 is 2.32 bits per heavy atom. The average molecular weight is 365 g/mol. The molecule has 6 nitrogen and oxygen atoms in total. The second-order valence-electron chi connectivity index (χ2n) is 6.14. The zero-order chi connectivity index (χ0) is 18.1. The topological polar surface area (TPSA) is 81.7 Å². The van der Waals surface area contributed by atoms with Gasteiger partial charge in [-0.3, -0.25) is 4.79 Å². The number of hydrogen-bond donors (Lipinski definition) is 3. The molecule has 3 N–H and O–H groups in total. The van der Waals surface area contributed by atoms with Gasteiger partial charge in [-0.2, -0.15) is 11.8 Å². The van der Waals surface area contributed by atoms with E-state index in [4.69, 9.17) is 5.11 Å². The molecule has 7 heteroatoms. The molecule has 0 unspecified atom stereocenters. The number of carbonyl (C=O) groups is 2. The van der Waals surface area contributed by atoms with Gasteiger partial charge in [-0.25, -0.2) is 4.79 Å². The first-order chi connectivity index (χ1) is 12.1. The summed E-state index contributed by atoms with van der Waals surface area (Å²) < 4.78 is 0. The molecule has 0 bridgehead atoms. The van der Waals surface area contributed by atoms with Crippen LogP contribution < -0.4 is 10.6 Å². The number of thioether (sulfide) groups is 1. The number of rotatable bonds is 8. The fourth-order valence-electron chi connectivity index (χ4n) is 2.83. The van der Waals surface area contributed by atoms with Gasteiger partial charge in [-0.1, -0.05) is 29.8 Å². The van der Waals surface area contributed by atoms with E-state index in [9.17, 15) is 9.59 Å². The van der Waals surface area contributed by atoms with Crippen LogP contribution in [0.2, 0.25) is 0 Å². The first kappa shape index (κ1) is 19.6. The van der Waals surface area contributed by atoms with E-state index in [1.807, 2.05) is 11.8 Å². The van der Waals surface area contributed by atoms with Crippen molar-refractivity contribution in [1.29, 1.82) is 0 Å². The molecule has 3 amide bonds.